The summed E-state index contributed by atoms with van der Waals surface area (Å²) in [5, 5.41) is 5.71. The molecule has 7 heteroatoms. The van der Waals surface area contributed by atoms with Gasteiger partial charge in [-0.1, -0.05) is 41.4 Å². The molecule has 0 saturated carbocycles. The van der Waals surface area contributed by atoms with Gasteiger partial charge in [0.1, 0.15) is 0 Å². The highest BCUT2D eigenvalue weighted by Gasteiger charge is 2.30. The first-order chi connectivity index (χ1) is 11.8. The van der Waals surface area contributed by atoms with E-state index in [4.69, 9.17) is 11.6 Å². The van der Waals surface area contributed by atoms with Gasteiger partial charge in [-0.05, 0) is 30.7 Å². The maximum Gasteiger partial charge on any atom is 0.416 e. The van der Waals surface area contributed by atoms with Gasteiger partial charge in [-0.25, -0.2) is 0 Å². The molecular formula is C18H18ClF3N2O. The predicted molar refractivity (Wildman–Crippen MR) is 92.6 cm³/mol. The van der Waals surface area contributed by atoms with Crippen molar-refractivity contribution in [3.63, 3.8) is 0 Å². The lowest BCUT2D eigenvalue weighted by Crippen LogP contribution is -2.24. The summed E-state index contributed by atoms with van der Waals surface area (Å²) in [4.78, 5) is 11.8. The Morgan fingerprint density at radius 3 is 2.44 bits per heavy atom. The molecule has 0 aliphatic rings. The zero-order valence-corrected chi connectivity index (χ0v) is 14.3. The third kappa shape index (κ3) is 5.98. The SMILES string of the molecule is Cc1ccc(CNC(=O)CCNc2cc(C(F)(F)F)ccc2Cl)cc1. The van der Waals surface area contributed by atoms with Crippen LogP contribution >= 0.6 is 11.6 Å². The molecule has 0 spiro atoms. The van der Waals surface area contributed by atoms with Crippen LogP contribution in [0.15, 0.2) is 42.5 Å². The van der Waals surface area contributed by atoms with Gasteiger partial charge in [0, 0.05) is 19.5 Å². The van der Waals surface area contributed by atoms with Gasteiger partial charge in [0.25, 0.3) is 0 Å². The number of aryl methyl sites for hydroxylation is 1. The molecule has 0 fully saturated rings. The molecule has 3 nitrogen and oxygen atoms in total. The van der Waals surface area contributed by atoms with E-state index in [9.17, 15) is 18.0 Å². The van der Waals surface area contributed by atoms with E-state index < -0.39 is 11.7 Å². The molecule has 0 aliphatic carbocycles. The molecule has 0 atom stereocenters. The van der Waals surface area contributed by atoms with Crippen LogP contribution in [-0.2, 0) is 17.5 Å². The number of hydrogen-bond donors (Lipinski definition) is 2. The van der Waals surface area contributed by atoms with Crippen LogP contribution in [0.5, 0.6) is 0 Å². The van der Waals surface area contributed by atoms with E-state index in [-0.39, 0.29) is 29.6 Å². The minimum absolute atomic E-state index is 0.123. The van der Waals surface area contributed by atoms with E-state index >= 15 is 0 Å². The van der Waals surface area contributed by atoms with E-state index in [0.29, 0.717) is 6.54 Å². The van der Waals surface area contributed by atoms with Gasteiger partial charge >= 0.3 is 6.18 Å². The Labute approximate surface area is 149 Å². The maximum absolute atomic E-state index is 12.7. The molecule has 0 unspecified atom stereocenters. The van der Waals surface area contributed by atoms with Crippen molar-refractivity contribution in [3.05, 3.63) is 64.2 Å². The first-order valence-corrected chi connectivity index (χ1v) is 8.06. The van der Waals surface area contributed by atoms with Gasteiger partial charge in [-0.15, -0.1) is 0 Å². The number of rotatable bonds is 6. The summed E-state index contributed by atoms with van der Waals surface area (Å²) >= 11 is 5.89. The highest BCUT2D eigenvalue weighted by molar-refractivity contribution is 6.33. The molecule has 2 aromatic rings. The Kier molecular flexibility index (Phi) is 6.31. The molecule has 25 heavy (non-hydrogen) atoms. The van der Waals surface area contributed by atoms with Crippen LogP contribution in [0.1, 0.15) is 23.1 Å². The zero-order chi connectivity index (χ0) is 18.4. The number of carbonyl (C=O) groups excluding carboxylic acids is 1. The van der Waals surface area contributed by atoms with Crippen LogP contribution in [0.4, 0.5) is 18.9 Å². The van der Waals surface area contributed by atoms with Gasteiger partial charge in [0.2, 0.25) is 5.91 Å². The minimum atomic E-state index is -4.44. The predicted octanol–water partition coefficient (Wildman–Crippen LogP) is 4.79. The Balaban J connectivity index is 1.82. The number of alkyl halides is 3. The molecule has 1 amide bonds. The topological polar surface area (TPSA) is 41.1 Å². The van der Waals surface area contributed by atoms with Crippen LogP contribution in [-0.4, -0.2) is 12.5 Å². The van der Waals surface area contributed by atoms with Crippen LogP contribution in [0.2, 0.25) is 5.02 Å². The molecule has 0 saturated heterocycles. The molecule has 0 heterocycles. The van der Waals surface area contributed by atoms with Crippen LogP contribution in [0.3, 0.4) is 0 Å². The summed E-state index contributed by atoms with van der Waals surface area (Å²) in [5.74, 6) is -0.198. The van der Waals surface area contributed by atoms with Gasteiger partial charge in [-0.2, -0.15) is 13.2 Å². The molecule has 0 bridgehead atoms. The maximum atomic E-state index is 12.7. The molecule has 2 aromatic carbocycles. The Bertz CT molecular complexity index is 730. The Morgan fingerprint density at radius 1 is 1.12 bits per heavy atom. The fraction of sp³-hybridized carbons (Fsp3) is 0.278. The van der Waals surface area contributed by atoms with Gasteiger partial charge in [-0.3, -0.25) is 4.79 Å². The zero-order valence-electron chi connectivity index (χ0n) is 13.6. The summed E-state index contributed by atoms with van der Waals surface area (Å²) in [6, 6.07) is 10.8. The van der Waals surface area contributed by atoms with Crippen molar-refractivity contribution in [2.24, 2.45) is 0 Å². The first kappa shape index (κ1) is 19.1. The largest absolute Gasteiger partial charge is 0.416 e. The molecular weight excluding hydrogens is 353 g/mol. The van der Waals surface area contributed by atoms with E-state index in [1.165, 1.54) is 6.07 Å². The highest BCUT2D eigenvalue weighted by atomic mass is 35.5. The van der Waals surface area contributed by atoms with E-state index in [1.807, 2.05) is 31.2 Å². The number of amides is 1. The number of nitrogens with one attached hydrogen (secondary N) is 2. The van der Waals surface area contributed by atoms with Crippen molar-refractivity contribution >= 4 is 23.2 Å². The summed E-state index contributed by atoms with van der Waals surface area (Å²) in [6.07, 6.45) is -4.31. The normalized spacial score (nSPS) is 11.2. The standard InChI is InChI=1S/C18H18ClF3N2O/c1-12-2-4-13(5-3-12)11-24-17(25)8-9-23-16-10-14(18(20,21)22)6-7-15(16)19/h2-7,10,23H,8-9,11H2,1H3,(H,24,25). The first-order valence-electron chi connectivity index (χ1n) is 7.68. The summed E-state index contributed by atoms with van der Waals surface area (Å²) in [6.45, 7) is 2.57. The third-order valence-electron chi connectivity index (χ3n) is 3.57. The second-order valence-corrected chi connectivity index (χ2v) is 6.04. The minimum Gasteiger partial charge on any atom is -0.383 e. The second-order valence-electron chi connectivity index (χ2n) is 5.63. The third-order valence-corrected chi connectivity index (χ3v) is 3.90. The lowest BCUT2D eigenvalue weighted by molar-refractivity contribution is -0.137. The summed E-state index contributed by atoms with van der Waals surface area (Å²) in [7, 11) is 0. The van der Waals surface area contributed by atoms with Crippen LogP contribution < -0.4 is 10.6 Å². The Hall–Kier alpha value is -2.21. The average Bonchev–Trinajstić information content (AvgIpc) is 2.55. The summed E-state index contributed by atoms with van der Waals surface area (Å²) < 4.78 is 38.1. The van der Waals surface area contributed by atoms with Crippen molar-refractivity contribution in [2.45, 2.75) is 26.1 Å². The van der Waals surface area contributed by atoms with Gasteiger partial charge < -0.3 is 10.6 Å². The van der Waals surface area contributed by atoms with E-state index in [1.54, 1.807) is 0 Å². The van der Waals surface area contributed by atoms with E-state index in [0.717, 1.165) is 23.3 Å². The molecule has 0 aliphatic heterocycles. The second kappa shape index (κ2) is 8.25. The molecule has 0 radical (unpaired) electrons. The smallest absolute Gasteiger partial charge is 0.383 e. The van der Waals surface area contributed by atoms with Crippen molar-refractivity contribution in [3.8, 4) is 0 Å². The van der Waals surface area contributed by atoms with Gasteiger partial charge in [0.15, 0.2) is 0 Å². The average molecular weight is 371 g/mol. The molecule has 0 aromatic heterocycles. The number of carbonyl (C=O) groups is 1. The van der Waals surface area contributed by atoms with Crippen molar-refractivity contribution in [1.29, 1.82) is 0 Å². The van der Waals surface area contributed by atoms with E-state index in [2.05, 4.69) is 10.6 Å². The highest BCUT2D eigenvalue weighted by Crippen LogP contribution is 2.33. The van der Waals surface area contributed by atoms with Crippen molar-refractivity contribution < 1.29 is 18.0 Å². The van der Waals surface area contributed by atoms with Crippen LogP contribution in [0, 0.1) is 6.92 Å². The fourth-order valence-corrected chi connectivity index (χ4v) is 2.33. The Morgan fingerprint density at radius 2 is 1.80 bits per heavy atom. The molecule has 134 valence electrons. The summed E-state index contributed by atoms with van der Waals surface area (Å²) in [5.41, 5.74) is 1.48. The molecule has 2 N–H and O–H groups in total. The monoisotopic (exact) mass is 370 g/mol. The van der Waals surface area contributed by atoms with Crippen molar-refractivity contribution in [1.82, 2.24) is 5.32 Å². The number of anilines is 1. The lowest BCUT2D eigenvalue weighted by Gasteiger charge is -2.12. The van der Waals surface area contributed by atoms with Crippen LogP contribution in [0.25, 0.3) is 0 Å². The quantitative estimate of drug-likeness (QED) is 0.768. The lowest BCUT2D eigenvalue weighted by atomic mass is 10.1. The fourth-order valence-electron chi connectivity index (χ4n) is 2.14. The van der Waals surface area contributed by atoms with Gasteiger partial charge in [0.05, 0.1) is 16.3 Å². The number of halogens is 4. The van der Waals surface area contributed by atoms with Crippen molar-refractivity contribution in [2.75, 3.05) is 11.9 Å². The number of benzene rings is 2. The number of hydrogen-bond acceptors (Lipinski definition) is 2. The molecule has 2 rings (SSSR count).